The minimum Gasteiger partial charge on any atom is -0.476 e. The van der Waals surface area contributed by atoms with Gasteiger partial charge in [-0.25, -0.2) is 4.79 Å². The van der Waals surface area contributed by atoms with Crippen LogP contribution in [-0.4, -0.2) is 64.1 Å². The van der Waals surface area contributed by atoms with Gasteiger partial charge < -0.3 is 20.3 Å². The van der Waals surface area contributed by atoms with Crippen LogP contribution in [0.15, 0.2) is 6.20 Å². The van der Waals surface area contributed by atoms with E-state index in [0.717, 1.165) is 13.0 Å². The molecule has 0 saturated carbocycles. The molecule has 0 aliphatic heterocycles. The summed E-state index contributed by atoms with van der Waals surface area (Å²) >= 11 is 0. The van der Waals surface area contributed by atoms with Gasteiger partial charge in [0.2, 0.25) is 0 Å². The van der Waals surface area contributed by atoms with Gasteiger partial charge in [0.05, 0.1) is 26.0 Å². The topological polar surface area (TPSA) is 110 Å². The fourth-order valence-corrected chi connectivity index (χ4v) is 1.29. The van der Waals surface area contributed by atoms with Crippen molar-refractivity contribution in [1.82, 2.24) is 20.3 Å². The van der Waals surface area contributed by atoms with Crippen LogP contribution in [0.5, 0.6) is 0 Å². The Bertz CT molecular complexity index is 355. The molecule has 0 aliphatic carbocycles. The standard InChI is InChI=1S/C10H18N4O4/c15-5-7-18-6-1-2-11-3-4-14-8-9(10(16)17)12-13-14/h8,11,15H,1-7H2,(H,16,17). The van der Waals surface area contributed by atoms with Gasteiger partial charge in [-0.1, -0.05) is 5.21 Å². The summed E-state index contributed by atoms with van der Waals surface area (Å²) in [5.41, 5.74) is -0.0487. The lowest BCUT2D eigenvalue weighted by Crippen LogP contribution is -2.22. The van der Waals surface area contributed by atoms with E-state index in [0.29, 0.717) is 26.3 Å². The highest BCUT2D eigenvalue weighted by Crippen LogP contribution is 1.91. The van der Waals surface area contributed by atoms with Crippen molar-refractivity contribution in [3.05, 3.63) is 11.9 Å². The maximum absolute atomic E-state index is 10.6. The molecule has 1 aromatic rings. The first kappa shape index (κ1) is 14.6. The summed E-state index contributed by atoms with van der Waals surface area (Å²) < 4.78 is 6.58. The van der Waals surface area contributed by atoms with E-state index < -0.39 is 5.97 Å². The van der Waals surface area contributed by atoms with Crippen molar-refractivity contribution in [2.24, 2.45) is 0 Å². The summed E-state index contributed by atoms with van der Waals surface area (Å²) in [4.78, 5) is 10.6. The Morgan fingerprint density at radius 3 is 2.94 bits per heavy atom. The number of carboxylic acids is 1. The van der Waals surface area contributed by atoms with Gasteiger partial charge in [0, 0.05) is 13.2 Å². The summed E-state index contributed by atoms with van der Waals surface area (Å²) in [7, 11) is 0. The van der Waals surface area contributed by atoms with E-state index in [1.807, 2.05) is 0 Å². The van der Waals surface area contributed by atoms with Crippen LogP contribution < -0.4 is 5.32 Å². The third-order valence-corrected chi connectivity index (χ3v) is 2.15. The minimum atomic E-state index is -1.07. The number of rotatable bonds is 10. The van der Waals surface area contributed by atoms with E-state index in [2.05, 4.69) is 15.6 Å². The van der Waals surface area contributed by atoms with Gasteiger partial charge in [0.1, 0.15) is 0 Å². The van der Waals surface area contributed by atoms with Crippen LogP contribution in [0, 0.1) is 0 Å². The molecule has 3 N–H and O–H groups in total. The Hall–Kier alpha value is -1.51. The van der Waals surface area contributed by atoms with Crippen LogP contribution in [0.1, 0.15) is 16.9 Å². The molecule has 0 aliphatic rings. The molecule has 0 bridgehead atoms. The van der Waals surface area contributed by atoms with Gasteiger partial charge in [-0.05, 0) is 13.0 Å². The van der Waals surface area contributed by atoms with Gasteiger partial charge in [-0.2, -0.15) is 0 Å². The third-order valence-electron chi connectivity index (χ3n) is 2.15. The van der Waals surface area contributed by atoms with E-state index in [1.54, 1.807) is 0 Å². The number of nitrogens with one attached hydrogen (secondary N) is 1. The number of ether oxygens (including phenoxy) is 1. The quantitative estimate of drug-likeness (QED) is 0.460. The molecule has 1 rings (SSSR count). The van der Waals surface area contributed by atoms with Crippen molar-refractivity contribution in [3.8, 4) is 0 Å². The van der Waals surface area contributed by atoms with E-state index in [1.165, 1.54) is 10.9 Å². The van der Waals surface area contributed by atoms with Crippen molar-refractivity contribution in [2.75, 3.05) is 32.9 Å². The number of nitrogens with zero attached hydrogens (tertiary/aromatic N) is 3. The zero-order valence-electron chi connectivity index (χ0n) is 10.1. The van der Waals surface area contributed by atoms with Crippen molar-refractivity contribution in [1.29, 1.82) is 0 Å². The second kappa shape index (κ2) is 8.56. The molecule has 1 aromatic heterocycles. The zero-order valence-corrected chi connectivity index (χ0v) is 10.1. The highest BCUT2D eigenvalue weighted by molar-refractivity contribution is 5.84. The SMILES string of the molecule is O=C(O)c1cn(CCNCCCOCCO)nn1. The number of aliphatic hydroxyl groups is 1. The number of carbonyl (C=O) groups is 1. The lowest BCUT2D eigenvalue weighted by Gasteiger charge is -2.04. The molecule has 0 fully saturated rings. The molecule has 8 nitrogen and oxygen atoms in total. The third kappa shape index (κ3) is 5.71. The first-order chi connectivity index (χ1) is 8.74. The van der Waals surface area contributed by atoms with Crippen molar-refractivity contribution < 1.29 is 19.7 Å². The van der Waals surface area contributed by atoms with E-state index in [9.17, 15) is 4.79 Å². The van der Waals surface area contributed by atoms with E-state index >= 15 is 0 Å². The molecule has 0 saturated heterocycles. The molecular weight excluding hydrogens is 240 g/mol. The Morgan fingerprint density at radius 1 is 1.44 bits per heavy atom. The van der Waals surface area contributed by atoms with Crippen LogP contribution in [0.2, 0.25) is 0 Å². The van der Waals surface area contributed by atoms with Gasteiger partial charge in [-0.3, -0.25) is 4.68 Å². The van der Waals surface area contributed by atoms with Crippen LogP contribution in [0.25, 0.3) is 0 Å². The molecular formula is C10H18N4O4. The Kier molecular flexibility index (Phi) is 6.92. The van der Waals surface area contributed by atoms with Gasteiger partial charge >= 0.3 is 5.97 Å². The molecule has 0 radical (unpaired) electrons. The van der Waals surface area contributed by atoms with Gasteiger partial charge in [-0.15, -0.1) is 5.10 Å². The summed E-state index contributed by atoms with van der Waals surface area (Å²) in [5.74, 6) is -1.07. The number of hydrogen-bond acceptors (Lipinski definition) is 6. The Morgan fingerprint density at radius 2 is 2.28 bits per heavy atom. The smallest absolute Gasteiger partial charge is 0.358 e. The van der Waals surface area contributed by atoms with Crippen molar-refractivity contribution in [2.45, 2.75) is 13.0 Å². The molecule has 18 heavy (non-hydrogen) atoms. The maximum atomic E-state index is 10.6. The molecule has 0 atom stereocenters. The molecule has 0 aromatic carbocycles. The van der Waals surface area contributed by atoms with Crippen LogP contribution in [0.4, 0.5) is 0 Å². The summed E-state index contributed by atoms with van der Waals surface area (Å²) in [6.07, 6.45) is 2.26. The van der Waals surface area contributed by atoms with Crippen LogP contribution in [0.3, 0.4) is 0 Å². The second-order valence-corrected chi connectivity index (χ2v) is 3.61. The predicted octanol–water partition coefficient (Wildman–Crippen LogP) is -1.04. The number of aromatic nitrogens is 3. The molecule has 1 heterocycles. The molecule has 0 spiro atoms. The highest BCUT2D eigenvalue weighted by Gasteiger charge is 2.07. The Labute approximate surface area is 105 Å². The number of hydrogen-bond donors (Lipinski definition) is 3. The molecule has 0 unspecified atom stereocenters. The summed E-state index contributed by atoms with van der Waals surface area (Å²) in [6.45, 7) is 3.08. The first-order valence-corrected chi connectivity index (χ1v) is 5.77. The fraction of sp³-hybridized carbons (Fsp3) is 0.700. The Balaban J connectivity index is 2.02. The zero-order chi connectivity index (χ0) is 13.2. The first-order valence-electron chi connectivity index (χ1n) is 5.77. The number of carboxylic acid groups (broad SMARTS) is 1. The van der Waals surface area contributed by atoms with Gasteiger partial charge in [0.25, 0.3) is 0 Å². The molecule has 8 heteroatoms. The number of aliphatic hydroxyl groups excluding tert-OH is 1. The lowest BCUT2D eigenvalue weighted by atomic mass is 10.4. The summed E-state index contributed by atoms with van der Waals surface area (Å²) in [6, 6.07) is 0. The van der Waals surface area contributed by atoms with Gasteiger partial charge in [0.15, 0.2) is 5.69 Å². The number of aromatic carboxylic acids is 1. The summed E-state index contributed by atoms with van der Waals surface area (Å²) in [5, 5.41) is 27.5. The predicted molar refractivity (Wildman–Crippen MR) is 62.4 cm³/mol. The second-order valence-electron chi connectivity index (χ2n) is 3.61. The normalized spacial score (nSPS) is 10.7. The fourth-order valence-electron chi connectivity index (χ4n) is 1.29. The van der Waals surface area contributed by atoms with Crippen LogP contribution in [-0.2, 0) is 11.3 Å². The minimum absolute atomic E-state index is 0.0473. The molecule has 102 valence electrons. The average Bonchev–Trinajstić information content (AvgIpc) is 2.81. The monoisotopic (exact) mass is 258 g/mol. The average molecular weight is 258 g/mol. The van der Waals surface area contributed by atoms with Crippen molar-refractivity contribution in [3.63, 3.8) is 0 Å². The van der Waals surface area contributed by atoms with E-state index in [-0.39, 0.29) is 12.3 Å². The molecule has 0 amide bonds. The largest absolute Gasteiger partial charge is 0.476 e. The van der Waals surface area contributed by atoms with Crippen molar-refractivity contribution >= 4 is 5.97 Å². The highest BCUT2D eigenvalue weighted by atomic mass is 16.5. The maximum Gasteiger partial charge on any atom is 0.358 e. The lowest BCUT2D eigenvalue weighted by molar-refractivity contribution is 0.0690. The van der Waals surface area contributed by atoms with Crippen LogP contribution >= 0.6 is 0 Å². The van der Waals surface area contributed by atoms with E-state index in [4.69, 9.17) is 14.9 Å².